The van der Waals surface area contributed by atoms with E-state index in [1.165, 1.54) is 13.0 Å². The molecule has 0 saturated carbocycles. The van der Waals surface area contributed by atoms with Crippen LogP contribution in [0, 0.1) is 0 Å². The summed E-state index contributed by atoms with van der Waals surface area (Å²) >= 11 is 0. The lowest BCUT2D eigenvalue weighted by molar-refractivity contribution is 0.103. The summed E-state index contributed by atoms with van der Waals surface area (Å²) in [6.45, 7) is 4.56. The molecule has 101 valence electrons. The number of nitrogens with zero attached hydrogens (tertiary/aromatic N) is 2. The molecule has 2 fully saturated rings. The Morgan fingerprint density at radius 3 is 3.00 bits per heavy atom. The molecule has 2 unspecified atom stereocenters. The molecule has 1 aromatic rings. The highest BCUT2D eigenvalue weighted by molar-refractivity contribution is 6.54. The predicted octanol–water partition coefficient (Wildman–Crippen LogP) is 1.32. The summed E-state index contributed by atoms with van der Waals surface area (Å²) in [5.74, 6) is 0.187. The second-order valence-corrected chi connectivity index (χ2v) is 5.96. The second kappa shape index (κ2) is 4.87. The number of carbonyl (C=O) groups is 1. The van der Waals surface area contributed by atoms with Gasteiger partial charge < -0.3 is 9.71 Å². The van der Waals surface area contributed by atoms with Crippen molar-refractivity contribution in [1.29, 1.82) is 0 Å². The summed E-state index contributed by atoms with van der Waals surface area (Å²) in [4.78, 5) is 17.5. The molecule has 1 radical (unpaired) electrons. The van der Waals surface area contributed by atoms with E-state index in [4.69, 9.17) is 0 Å². The minimum absolute atomic E-state index is 0.187. The minimum atomic E-state index is 0.187. The van der Waals surface area contributed by atoms with Crippen molar-refractivity contribution in [3.05, 3.63) is 46.9 Å². The lowest BCUT2D eigenvalue weighted by Crippen LogP contribution is -2.49. The summed E-state index contributed by atoms with van der Waals surface area (Å²) in [6, 6.07) is 8.57. The molecule has 0 amide bonds. The number of rotatable bonds is 2. The minimum Gasteiger partial charge on any atom is -0.337 e. The maximum Gasteiger partial charge on any atom is 0.252 e. The Hall–Kier alpha value is -1.39. The summed E-state index contributed by atoms with van der Waals surface area (Å²) in [5.41, 5.74) is 2.91. The zero-order valence-electron chi connectivity index (χ0n) is 11.6. The van der Waals surface area contributed by atoms with Gasteiger partial charge in [0.1, 0.15) is 0 Å². The highest BCUT2D eigenvalue weighted by Gasteiger charge is 2.34. The fraction of sp³-hybridized carbons (Fsp3) is 0.438. The van der Waals surface area contributed by atoms with Crippen molar-refractivity contribution >= 4 is 13.2 Å². The van der Waals surface area contributed by atoms with Gasteiger partial charge in [-0.05, 0) is 30.4 Å². The molecule has 4 heteroatoms. The number of ketones is 1. The molecule has 2 aliphatic heterocycles. The summed E-state index contributed by atoms with van der Waals surface area (Å²) in [5, 5.41) is 0. The van der Waals surface area contributed by atoms with Gasteiger partial charge >= 0.3 is 0 Å². The Labute approximate surface area is 120 Å². The number of hydrogen-bond acceptors (Lipinski definition) is 3. The van der Waals surface area contributed by atoms with Crippen LogP contribution in [0.15, 0.2) is 35.8 Å². The first-order chi connectivity index (χ1) is 9.81. The fourth-order valence-electron chi connectivity index (χ4n) is 3.57. The Morgan fingerprint density at radius 2 is 2.05 bits per heavy atom. The summed E-state index contributed by atoms with van der Waals surface area (Å²) in [7, 11) is 2.12. The third-order valence-corrected chi connectivity index (χ3v) is 4.76. The van der Waals surface area contributed by atoms with E-state index in [1.807, 2.05) is 18.2 Å². The Balaban J connectivity index is 1.53. The van der Waals surface area contributed by atoms with E-state index < -0.39 is 0 Å². The molecule has 1 aromatic carbocycles. The van der Waals surface area contributed by atoms with Gasteiger partial charge in [-0.2, -0.15) is 0 Å². The molecular weight excluding hydrogens is 247 g/mol. The van der Waals surface area contributed by atoms with Gasteiger partial charge in [-0.3, -0.25) is 4.79 Å². The first-order valence-electron chi connectivity index (χ1n) is 7.47. The van der Waals surface area contributed by atoms with Crippen molar-refractivity contribution < 1.29 is 4.79 Å². The molecule has 3 aliphatic rings. The SMILES string of the molecule is O=C1C([B]N2CCN3CCC2C3)=CCc2ccccc21. The third kappa shape index (κ3) is 2.04. The Morgan fingerprint density at radius 1 is 1.15 bits per heavy atom. The van der Waals surface area contributed by atoms with Gasteiger partial charge in [0.05, 0.1) is 0 Å². The third-order valence-electron chi connectivity index (χ3n) is 4.76. The van der Waals surface area contributed by atoms with Crippen molar-refractivity contribution in [3.63, 3.8) is 0 Å². The van der Waals surface area contributed by atoms with Crippen LogP contribution in [0.5, 0.6) is 0 Å². The van der Waals surface area contributed by atoms with Crippen LogP contribution in [-0.2, 0) is 6.42 Å². The van der Waals surface area contributed by atoms with Crippen molar-refractivity contribution in [2.24, 2.45) is 0 Å². The van der Waals surface area contributed by atoms with Crippen molar-refractivity contribution in [1.82, 2.24) is 9.71 Å². The molecule has 2 bridgehead atoms. The van der Waals surface area contributed by atoms with Crippen molar-refractivity contribution in [3.8, 4) is 0 Å². The normalized spacial score (nSPS) is 29.0. The summed E-state index contributed by atoms with van der Waals surface area (Å²) in [6.07, 6.45) is 4.19. The topological polar surface area (TPSA) is 23.6 Å². The number of benzene rings is 1. The lowest BCUT2D eigenvalue weighted by atomic mass is 9.70. The van der Waals surface area contributed by atoms with Crippen LogP contribution >= 0.6 is 0 Å². The van der Waals surface area contributed by atoms with Crippen LogP contribution in [0.25, 0.3) is 0 Å². The molecule has 2 heterocycles. The maximum atomic E-state index is 12.6. The van der Waals surface area contributed by atoms with Gasteiger partial charge in [0.25, 0.3) is 7.41 Å². The molecule has 2 saturated heterocycles. The number of hydrogen-bond donors (Lipinski definition) is 0. The molecule has 0 aromatic heterocycles. The Kier molecular flexibility index (Phi) is 3.01. The standard InChI is InChI=1S/C16H18BN2O/c20-16-14-4-2-1-3-12(14)5-6-15(16)17-19-10-9-18-8-7-13(19)11-18/h1-4,6,13H,5,7-11H2. The molecule has 2 atom stereocenters. The first-order valence-corrected chi connectivity index (χ1v) is 7.47. The number of allylic oxidation sites excluding steroid dienone is 2. The van der Waals surface area contributed by atoms with E-state index in [1.54, 1.807) is 0 Å². The van der Waals surface area contributed by atoms with Crippen molar-refractivity contribution in [2.75, 3.05) is 26.2 Å². The Bertz CT molecular complexity index is 584. The maximum absolute atomic E-state index is 12.6. The van der Waals surface area contributed by atoms with E-state index >= 15 is 0 Å². The van der Waals surface area contributed by atoms with E-state index in [2.05, 4.69) is 29.3 Å². The van der Waals surface area contributed by atoms with Crippen LogP contribution in [0.4, 0.5) is 0 Å². The average molecular weight is 265 g/mol. The van der Waals surface area contributed by atoms with Crippen LogP contribution in [0.2, 0.25) is 0 Å². The highest BCUT2D eigenvalue weighted by Crippen LogP contribution is 2.24. The zero-order valence-corrected chi connectivity index (χ0v) is 11.6. The van der Waals surface area contributed by atoms with Gasteiger partial charge in [-0.1, -0.05) is 30.3 Å². The largest absolute Gasteiger partial charge is 0.337 e. The van der Waals surface area contributed by atoms with Crippen LogP contribution in [0.3, 0.4) is 0 Å². The van der Waals surface area contributed by atoms with Gasteiger partial charge in [0.15, 0.2) is 5.78 Å². The number of piperazine rings is 1. The van der Waals surface area contributed by atoms with E-state index in [9.17, 15) is 4.79 Å². The van der Waals surface area contributed by atoms with Crippen LogP contribution in [-0.4, -0.2) is 55.1 Å². The quantitative estimate of drug-likeness (QED) is 0.753. The number of carbonyl (C=O) groups excluding carboxylic acids is 1. The van der Waals surface area contributed by atoms with Gasteiger partial charge in [-0.25, -0.2) is 0 Å². The van der Waals surface area contributed by atoms with Crippen molar-refractivity contribution in [2.45, 2.75) is 18.9 Å². The fourth-order valence-corrected chi connectivity index (χ4v) is 3.57. The molecule has 3 nitrogen and oxygen atoms in total. The van der Waals surface area contributed by atoms with E-state index in [-0.39, 0.29) is 5.78 Å². The lowest BCUT2D eigenvalue weighted by Gasteiger charge is -2.34. The molecule has 0 spiro atoms. The average Bonchev–Trinajstić information content (AvgIpc) is 2.87. The van der Waals surface area contributed by atoms with Crippen LogP contribution < -0.4 is 0 Å². The zero-order chi connectivity index (χ0) is 13.5. The molecular formula is C16H18BN2O. The van der Waals surface area contributed by atoms with Gasteiger partial charge in [0.2, 0.25) is 0 Å². The number of fused-ring (bicyclic) bond motifs is 3. The van der Waals surface area contributed by atoms with Gasteiger partial charge in [0, 0.05) is 31.2 Å². The van der Waals surface area contributed by atoms with E-state index in [0.29, 0.717) is 6.04 Å². The molecule has 4 rings (SSSR count). The molecule has 20 heavy (non-hydrogen) atoms. The predicted molar refractivity (Wildman–Crippen MR) is 79.9 cm³/mol. The first kappa shape index (κ1) is 12.4. The smallest absolute Gasteiger partial charge is 0.252 e. The highest BCUT2D eigenvalue weighted by atomic mass is 16.1. The number of Topliss-reactive ketones (excluding diaryl/α,β-unsaturated/α-hetero) is 1. The van der Waals surface area contributed by atoms with Gasteiger partial charge in [-0.15, -0.1) is 0 Å². The summed E-state index contributed by atoms with van der Waals surface area (Å²) < 4.78 is 0. The second-order valence-electron chi connectivity index (χ2n) is 5.96. The van der Waals surface area contributed by atoms with E-state index in [0.717, 1.165) is 42.7 Å². The van der Waals surface area contributed by atoms with Crippen LogP contribution in [0.1, 0.15) is 22.3 Å². The molecule has 0 N–H and O–H groups in total. The molecule has 1 aliphatic carbocycles. The monoisotopic (exact) mass is 265 g/mol.